The largest absolute Gasteiger partial charge is 0.497 e. The molecule has 0 atom stereocenters. The normalized spacial score (nSPS) is 10.9. The molecule has 0 aliphatic rings. The Morgan fingerprint density at radius 1 is 1.12 bits per heavy atom. The van der Waals surface area contributed by atoms with E-state index in [2.05, 4.69) is 10.1 Å². The van der Waals surface area contributed by atoms with Crippen molar-refractivity contribution in [2.45, 2.75) is 13.2 Å². The van der Waals surface area contributed by atoms with Crippen molar-refractivity contribution in [1.29, 1.82) is 0 Å². The summed E-state index contributed by atoms with van der Waals surface area (Å²) in [5.41, 5.74) is 5.87. The molecule has 1 amide bonds. The number of esters is 1. The van der Waals surface area contributed by atoms with Crippen LogP contribution in [0.2, 0.25) is 5.15 Å². The Kier molecular flexibility index (Phi) is 5.74. The van der Waals surface area contributed by atoms with Gasteiger partial charge in [0, 0.05) is 22.4 Å². The van der Waals surface area contributed by atoms with Gasteiger partial charge in [0.1, 0.15) is 24.1 Å². The summed E-state index contributed by atoms with van der Waals surface area (Å²) in [6.07, 6.45) is 0. The summed E-state index contributed by atoms with van der Waals surface area (Å²) in [6, 6.07) is 13.5. The highest BCUT2D eigenvalue weighted by Gasteiger charge is 2.17. The van der Waals surface area contributed by atoms with Crippen LogP contribution in [0.15, 0.2) is 53.3 Å². The van der Waals surface area contributed by atoms with Crippen molar-refractivity contribution in [3.05, 3.63) is 75.3 Å². The van der Waals surface area contributed by atoms with E-state index in [1.807, 2.05) is 6.07 Å². The molecule has 10 heteroatoms. The average Bonchev–Trinajstić information content (AvgIpc) is 2.79. The highest BCUT2D eigenvalue weighted by atomic mass is 35.5. The first-order valence-electron chi connectivity index (χ1n) is 9.46. The Balaban J connectivity index is 1.55. The lowest BCUT2D eigenvalue weighted by Crippen LogP contribution is -2.31. The van der Waals surface area contributed by atoms with Gasteiger partial charge in [-0.05, 0) is 24.3 Å². The summed E-state index contributed by atoms with van der Waals surface area (Å²) in [7, 11) is 1.55. The van der Waals surface area contributed by atoms with E-state index in [9.17, 15) is 14.4 Å². The van der Waals surface area contributed by atoms with Crippen LogP contribution in [0.1, 0.15) is 16.1 Å². The number of amides is 1. The Morgan fingerprint density at radius 2 is 1.88 bits per heavy atom. The first-order valence-corrected chi connectivity index (χ1v) is 9.83. The summed E-state index contributed by atoms with van der Waals surface area (Å²) in [4.78, 5) is 41.1. The standard InChI is InChI=1S/C22H17ClN4O5/c1-31-14-7-6-12-8-13(20(23)25-17(12)9-14)11-32-18(28)10-27-22(30)16-5-3-2-4-15(16)19(26-27)21(24)29/h2-9H,10-11H2,1H3,(H2,24,29). The zero-order chi connectivity index (χ0) is 22.8. The Labute approximate surface area is 186 Å². The molecule has 9 nitrogen and oxygen atoms in total. The fourth-order valence-corrected chi connectivity index (χ4v) is 3.45. The van der Waals surface area contributed by atoms with Gasteiger partial charge in [-0.1, -0.05) is 29.8 Å². The van der Waals surface area contributed by atoms with Crippen LogP contribution >= 0.6 is 11.6 Å². The molecule has 162 valence electrons. The number of rotatable bonds is 6. The number of halogens is 1. The Bertz CT molecular complexity index is 1430. The van der Waals surface area contributed by atoms with Crippen molar-refractivity contribution in [1.82, 2.24) is 14.8 Å². The van der Waals surface area contributed by atoms with Gasteiger partial charge in [0.2, 0.25) is 0 Å². The minimum absolute atomic E-state index is 0.106. The number of carbonyl (C=O) groups excluding carboxylic acids is 2. The third-order valence-corrected chi connectivity index (χ3v) is 5.15. The van der Waals surface area contributed by atoms with Crippen molar-refractivity contribution >= 4 is 45.2 Å². The van der Waals surface area contributed by atoms with Gasteiger partial charge in [-0.3, -0.25) is 14.4 Å². The molecule has 4 aromatic rings. The van der Waals surface area contributed by atoms with Gasteiger partial charge in [-0.25, -0.2) is 9.67 Å². The average molecular weight is 453 g/mol. The molecule has 2 N–H and O–H groups in total. The lowest BCUT2D eigenvalue weighted by atomic mass is 10.1. The number of primary amides is 1. The van der Waals surface area contributed by atoms with E-state index >= 15 is 0 Å². The van der Waals surface area contributed by atoms with Crippen molar-refractivity contribution in [2.75, 3.05) is 7.11 Å². The van der Waals surface area contributed by atoms with Gasteiger partial charge in [0.15, 0.2) is 5.69 Å². The fraction of sp³-hybridized carbons (Fsp3) is 0.136. The molecule has 2 aromatic carbocycles. The number of ether oxygens (including phenoxy) is 2. The molecule has 0 bridgehead atoms. The molecule has 0 saturated heterocycles. The number of methoxy groups -OCH3 is 1. The van der Waals surface area contributed by atoms with E-state index in [-0.39, 0.29) is 22.8 Å². The first-order chi connectivity index (χ1) is 15.4. The van der Waals surface area contributed by atoms with Crippen molar-refractivity contribution in [3.63, 3.8) is 0 Å². The zero-order valence-corrected chi connectivity index (χ0v) is 17.6. The number of hydrogen-bond donors (Lipinski definition) is 1. The summed E-state index contributed by atoms with van der Waals surface area (Å²) in [5.74, 6) is -0.908. The molecule has 0 radical (unpaired) electrons. The fourth-order valence-electron chi connectivity index (χ4n) is 3.25. The maximum Gasteiger partial charge on any atom is 0.328 e. The summed E-state index contributed by atoms with van der Waals surface area (Å²) in [6.45, 7) is -0.655. The molecule has 0 unspecified atom stereocenters. The quantitative estimate of drug-likeness (QED) is 0.351. The van der Waals surface area contributed by atoms with Crippen LogP contribution in [0.3, 0.4) is 0 Å². The van der Waals surface area contributed by atoms with E-state index < -0.39 is 24.0 Å². The number of nitrogens with zero attached hydrogens (tertiary/aromatic N) is 3. The smallest absolute Gasteiger partial charge is 0.328 e. The number of nitrogens with two attached hydrogens (primary N) is 1. The number of aromatic nitrogens is 3. The van der Waals surface area contributed by atoms with Gasteiger partial charge in [-0.15, -0.1) is 0 Å². The van der Waals surface area contributed by atoms with Crippen molar-refractivity contribution < 1.29 is 19.1 Å². The lowest BCUT2D eigenvalue weighted by Gasteiger charge is -2.10. The number of pyridine rings is 1. The van der Waals surface area contributed by atoms with Crippen molar-refractivity contribution in [3.8, 4) is 5.75 Å². The maximum atomic E-state index is 12.7. The SMILES string of the molecule is COc1ccc2cc(COC(=O)Cn3nc(C(N)=O)c4ccccc4c3=O)c(Cl)nc2c1. The topological polar surface area (TPSA) is 126 Å². The monoisotopic (exact) mass is 452 g/mol. The highest BCUT2D eigenvalue weighted by molar-refractivity contribution is 6.30. The number of carbonyl (C=O) groups is 2. The predicted octanol–water partition coefficient (Wildman–Crippen LogP) is 2.45. The second kappa shape index (κ2) is 8.64. The Morgan fingerprint density at radius 3 is 2.59 bits per heavy atom. The number of fused-ring (bicyclic) bond motifs is 2. The van der Waals surface area contributed by atoms with Crippen LogP contribution in [0.5, 0.6) is 5.75 Å². The molecule has 0 spiro atoms. The number of hydrogen-bond acceptors (Lipinski definition) is 7. The second-order valence-corrected chi connectivity index (χ2v) is 7.24. The summed E-state index contributed by atoms with van der Waals surface area (Å²) < 4.78 is 11.3. The van der Waals surface area contributed by atoms with Crippen LogP contribution in [0, 0.1) is 0 Å². The Hall–Kier alpha value is -3.98. The maximum absolute atomic E-state index is 12.7. The minimum atomic E-state index is -0.811. The van der Waals surface area contributed by atoms with Crippen LogP contribution in [0.25, 0.3) is 21.7 Å². The van der Waals surface area contributed by atoms with Gasteiger partial charge in [-0.2, -0.15) is 5.10 Å². The van der Waals surface area contributed by atoms with Crippen molar-refractivity contribution in [2.24, 2.45) is 5.73 Å². The van der Waals surface area contributed by atoms with Crippen LogP contribution in [0.4, 0.5) is 0 Å². The third-order valence-electron chi connectivity index (χ3n) is 4.82. The highest BCUT2D eigenvalue weighted by Crippen LogP contribution is 2.24. The van der Waals surface area contributed by atoms with Crippen LogP contribution in [-0.2, 0) is 22.7 Å². The lowest BCUT2D eigenvalue weighted by molar-refractivity contribution is -0.146. The van der Waals surface area contributed by atoms with E-state index in [1.54, 1.807) is 43.5 Å². The predicted molar refractivity (Wildman–Crippen MR) is 118 cm³/mol. The molecule has 0 aliphatic heterocycles. The van der Waals surface area contributed by atoms with Crippen LogP contribution in [-0.4, -0.2) is 33.8 Å². The first kappa shape index (κ1) is 21.3. The van der Waals surface area contributed by atoms with E-state index in [0.717, 1.165) is 10.1 Å². The molecular formula is C22H17ClN4O5. The van der Waals surface area contributed by atoms with Gasteiger partial charge in [0.05, 0.1) is 18.0 Å². The second-order valence-electron chi connectivity index (χ2n) is 6.88. The molecule has 2 heterocycles. The summed E-state index contributed by atoms with van der Waals surface area (Å²) in [5, 5.41) is 5.46. The molecule has 32 heavy (non-hydrogen) atoms. The molecule has 0 saturated carbocycles. The van der Waals surface area contributed by atoms with Gasteiger partial charge >= 0.3 is 5.97 Å². The molecular weight excluding hydrogens is 436 g/mol. The number of benzene rings is 2. The molecule has 4 rings (SSSR count). The van der Waals surface area contributed by atoms with E-state index in [1.165, 1.54) is 6.07 Å². The van der Waals surface area contributed by atoms with Gasteiger partial charge in [0.25, 0.3) is 11.5 Å². The molecule has 0 fully saturated rings. The van der Waals surface area contributed by atoms with E-state index in [0.29, 0.717) is 22.2 Å². The van der Waals surface area contributed by atoms with Gasteiger partial charge < -0.3 is 15.2 Å². The molecule has 0 aliphatic carbocycles. The van der Waals surface area contributed by atoms with E-state index in [4.69, 9.17) is 26.8 Å². The van der Waals surface area contributed by atoms with Crippen LogP contribution < -0.4 is 16.0 Å². The minimum Gasteiger partial charge on any atom is -0.497 e. The third kappa shape index (κ3) is 4.10. The summed E-state index contributed by atoms with van der Waals surface area (Å²) >= 11 is 6.23. The zero-order valence-electron chi connectivity index (χ0n) is 16.9. The molecule has 2 aromatic heterocycles.